The molecule has 2 aliphatic rings. The number of nitrogens with one attached hydrogen (secondary N) is 1. The number of rotatable bonds is 8. The smallest absolute Gasteiger partial charge is 0.330 e. The van der Waals surface area contributed by atoms with Gasteiger partial charge in [0.2, 0.25) is 5.91 Å². The molecule has 1 saturated carbocycles. The minimum Gasteiger partial charge on any atom is -0.383 e. The van der Waals surface area contributed by atoms with Crippen LogP contribution in [0.5, 0.6) is 0 Å². The predicted octanol–water partition coefficient (Wildman–Crippen LogP) is 3.09. The third-order valence-electron chi connectivity index (χ3n) is 6.72. The van der Waals surface area contributed by atoms with Crippen molar-refractivity contribution < 1.29 is 4.79 Å². The summed E-state index contributed by atoms with van der Waals surface area (Å²) < 4.78 is 1.40. The van der Waals surface area contributed by atoms with Crippen LogP contribution in [0.1, 0.15) is 69.2 Å². The molecule has 0 bridgehead atoms. The zero-order valence-corrected chi connectivity index (χ0v) is 19.5. The summed E-state index contributed by atoms with van der Waals surface area (Å²) >= 11 is 1.72. The van der Waals surface area contributed by atoms with Crippen molar-refractivity contribution in [3.8, 4) is 0 Å². The van der Waals surface area contributed by atoms with Gasteiger partial charge in [0.15, 0.2) is 5.69 Å². The van der Waals surface area contributed by atoms with Crippen LogP contribution in [0.15, 0.2) is 27.1 Å². The third kappa shape index (κ3) is 4.54. The summed E-state index contributed by atoms with van der Waals surface area (Å²) in [5, 5.41) is 2.07. The van der Waals surface area contributed by atoms with E-state index in [1.807, 2.05) is 13.0 Å². The van der Waals surface area contributed by atoms with Crippen molar-refractivity contribution >= 4 is 28.7 Å². The van der Waals surface area contributed by atoms with Gasteiger partial charge in [-0.15, -0.1) is 11.3 Å². The Morgan fingerprint density at radius 3 is 2.72 bits per heavy atom. The van der Waals surface area contributed by atoms with Crippen LogP contribution in [0.25, 0.3) is 0 Å². The monoisotopic (exact) mass is 459 g/mol. The molecule has 2 fully saturated rings. The minimum absolute atomic E-state index is 0.0641. The average Bonchev–Trinajstić information content (AvgIpc) is 3.53. The molecule has 9 heteroatoms. The summed E-state index contributed by atoms with van der Waals surface area (Å²) in [6, 6.07) is 4.34. The molecular formula is C23H33N5O3S. The van der Waals surface area contributed by atoms with Gasteiger partial charge in [-0.2, -0.15) is 0 Å². The Morgan fingerprint density at radius 1 is 1.25 bits per heavy atom. The molecule has 1 amide bonds. The molecule has 0 unspecified atom stereocenters. The lowest BCUT2D eigenvalue weighted by molar-refractivity contribution is -0.120. The van der Waals surface area contributed by atoms with Crippen molar-refractivity contribution in [2.45, 2.75) is 76.9 Å². The summed E-state index contributed by atoms with van der Waals surface area (Å²) in [7, 11) is 0. The highest BCUT2D eigenvalue weighted by Gasteiger charge is 2.35. The molecule has 1 atom stereocenters. The van der Waals surface area contributed by atoms with E-state index in [-0.39, 0.29) is 36.0 Å². The van der Waals surface area contributed by atoms with Crippen molar-refractivity contribution in [2.75, 3.05) is 23.7 Å². The van der Waals surface area contributed by atoms with E-state index in [1.165, 1.54) is 9.44 Å². The molecule has 0 aromatic carbocycles. The lowest BCUT2D eigenvalue weighted by atomic mass is 10.1. The Kier molecular flexibility index (Phi) is 7.15. The molecule has 32 heavy (non-hydrogen) atoms. The largest absolute Gasteiger partial charge is 0.383 e. The number of unbranched alkanes of at least 4 members (excludes halogenated alkanes) is 1. The lowest BCUT2D eigenvalue weighted by Crippen LogP contribution is -2.49. The van der Waals surface area contributed by atoms with E-state index in [1.54, 1.807) is 16.2 Å². The molecular weight excluding hydrogens is 426 g/mol. The molecule has 4 rings (SSSR count). The zero-order chi connectivity index (χ0) is 22.7. The first kappa shape index (κ1) is 22.8. The summed E-state index contributed by atoms with van der Waals surface area (Å²) in [4.78, 5) is 46.5. The number of nitrogen functional groups attached to an aromatic ring is 1. The molecule has 2 aromatic heterocycles. The van der Waals surface area contributed by atoms with Crippen LogP contribution in [0.2, 0.25) is 0 Å². The van der Waals surface area contributed by atoms with Gasteiger partial charge in [-0.25, -0.2) is 4.79 Å². The van der Waals surface area contributed by atoms with E-state index >= 15 is 0 Å². The molecule has 1 saturated heterocycles. The number of carbonyl (C=O) groups is 1. The van der Waals surface area contributed by atoms with E-state index in [0.717, 1.165) is 57.9 Å². The van der Waals surface area contributed by atoms with Gasteiger partial charge in [0.25, 0.3) is 5.56 Å². The van der Waals surface area contributed by atoms with Crippen LogP contribution in [-0.4, -0.2) is 39.5 Å². The standard InChI is InChI=1S/C23H33N5O3S/c1-2-3-13-27-21(24)20(22(30)25-23(27)31)28(16-8-4-5-9-16)19(29)15-26-12-6-10-17(26)18-11-7-14-32-18/h7,11,14,16-17H,2-6,8-10,12-13,15,24H2,1H3,(H,25,30,31)/t17-/m0/s1. The van der Waals surface area contributed by atoms with Crippen LogP contribution < -0.4 is 21.9 Å². The number of hydrogen-bond donors (Lipinski definition) is 2. The van der Waals surface area contributed by atoms with Gasteiger partial charge in [-0.05, 0) is 50.1 Å². The van der Waals surface area contributed by atoms with Gasteiger partial charge >= 0.3 is 5.69 Å². The Bertz CT molecular complexity index is 1040. The van der Waals surface area contributed by atoms with Crippen LogP contribution in [0, 0.1) is 0 Å². The second kappa shape index (κ2) is 10.0. The quantitative estimate of drug-likeness (QED) is 0.631. The summed E-state index contributed by atoms with van der Waals surface area (Å²) in [5.41, 5.74) is 5.44. The maximum atomic E-state index is 13.7. The summed E-state index contributed by atoms with van der Waals surface area (Å²) in [6.07, 6.45) is 7.45. The molecule has 8 nitrogen and oxygen atoms in total. The van der Waals surface area contributed by atoms with Crippen LogP contribution >= 0.6 is 11.3 Å². The van der Waals surface area contributed by atoms with Crippen molar-refractivity contribution in [2.24, 2.45) is 0 Å². The van der Waals surface area contributed by atoms with Crippen LogP contribution in [0.3, 0.4) is 0 Å². The van der Waals surface area contributed by atoms with Crippen LogP contribution in [0.4, 0.5) is 11.5 Å². The fraction of sp³-hybridized carbons (Fsp3) is 0.609. The number of anilines is 2. The second-order valence-corrected chi connectivity index (χ2v) is 9.82. The van der Waals surface area contributed by atoms with Crippen molar-refractivity contribution in [3.05, 3.63) is 43.2 Å². The fourth-order valence-electron chi connectivity index (χ4n) is 5.09. The number of amides is 1. The highest BCUT2D eigenvalue weighted by molar-refractivity contribution is 7.10. The molecule has 0 spiro atoms. The van der Waals surface area contributed by atoms with E-state index in [9.17, 15) is 14.4 Å². The first-order chi connectivity index (χ1) is 15.5. The maximum absolute atomic E-state index is 13.7. The first-order valence-electron chi connectivity index (χ1n) is 11.7. The fourth-order valence-corrected chi connectivity index (χ4v) is 5.99. The van der Waals surface area contributed by atoms with E-state index in [4.69, 9.17) is 5.73 Å². The molecule has 1 aliphatic heterocycles. The van der Waals surface area contributed by atoms with Crippen molar-refractivity contribution in [1.82, 2.24) is 14.5 Å². The average molecular weight is 460 g/mol. The number of aromatic amines is 1. The molecule has 1 aliphatic carbocycles. The highest BCUT2D eigenvalue weighted by Crippen LogP contribution is 2.35. The number of aromatic nitrogens is 2. The van der Waals surface area contributed by atoms with Gasteiger partial charge in [0, 0.05) is 23.5 Å². The van der Waals surface area contributed by atoms with E-state index in [2.05, 4.69) is 21.3 Å². The number of nitrogens with zero attached hydrogens (tertiary/aromatic N) is 3. The lowest BCUT2D eigenvalue weighted by Gasteiger charge is -2.32. The first-order valence-corrected chi connectivity index (χ1v) is 12.6. The third-order valence-corrected chi connectivity index (χ3v) is 7.70. The molecule has 0 radical (unpaired) electrons. The molecule has 3 N–H and O–H groups in total. The highest BCUT2D eigenvalue weighted by atomic mass is 32.1. The predicted molar refractivity (Wildman–Crippen MR) is 128 cm³/mol. The van der Waals surface area contributed by atoms with Gasteiger partial charge in [-0.1, -0.05) is 32.3 Å². The summed E-state index contributed by atoms with van der Waals surface area (Å²) in [5.74, 6) is -0.0121. The molecule has 3 heterocycles. The minimum atomic E-state index is -0.572. The van der Waals surface area contributed by atoms with Crippen LogP contribution in [-0.2, 0) is 11.3 Å². The van der Waals surface area contributed by atoms with Crippen molar-refractivity contribution in [1.29, 1.82) is 0 Å². The number of likely N-dealkylation sites (tertiary alicyclic amines) is 1. The molecule has 2 aromatic rings. The Morgan fingerprint density at radius 2 is 2.03 bits per heavy atom. The number of thiophene rings is 1. The second-order valence-electron chi connectivity index (χ2n) is 8.84. The molecule has 174 valence electrons. The summed E-state index contributed by atoms with van der Waals surface area (Å²) in [6.45, 7) is 3.55. The number of hydrogen-bond acceptors (Lipinski definition) is 6. The zero-order valence-electron chi connectivity index (χ0n) is 18.7. The number of nitrogens with two attached hydrogens (primary N) is 1. The van der Waals surface area contributed by atoms with Gasteiger partial charge in [0.1, 0.15) is 5.82 Å². The van der Waals surface area contributed by atoms with Crippen molar-refractivity contribution in [3.63, 3.8) is 0 Å². The normalized spacial score (nSPS) is 19.6. The Hall–Kier alpha value is -2.39. The van der Waals surface area contributed by atoms with E-state index < -0.39 is 11.2 Å². The number of H-pyrrole nitrogens is 1. The van der Waals surface area contributed by atoms with Gasteiger partial charge in [-0.3, -0.25) is 24.0 Å². The Balaban J connectivity index is 1.67. The number of carbonyl (C=O) groups excluding carboxylic acids is 1. The maximum Gasteiger partial charge on any atom is 0.330 e. The topological polar surface area (TPSA) is 104 Å². The SMILES string of the molecule is CCCCn1c(N)c(N(C(=O)CN2CCC[C@H]2c2cccs2)C2CCCC2)c(=O)[nH]c1=O. The van der Waals surface area contributed by atoms with E-state index in [0.29, 0.717) is 6.54 Å². The van der Waals surface area contributed by atoms with Gasteiger partial charge in [0.05, 0.1) is 6.54 Å². The van der Waals surface area contributed by atoms with Gasteiger partial charge < -0.3 is 10.6 Å². The Labute approximate surface area is 192 Å².